The van der Waals surface area contributed by atoms with E-state index in [2.05, 4.69) is 13.2 Å². The maximum Gasteiger partial charge on any atom is 0.0966 e. The van der Waals surface area contributed by atoms with Gasteiger partial charge in [0, 0.05) is 6.42 Å². The zero-order valence-corrected chi connectivity index (χ0v) is 9.84. The Morgan fingerprint density at radius 1 is 1.41 bits per heavy atom. The van der Waals surface area contributed by atoms with Gasteiger partial charge in [-0.05, 0) is 29.7 Å². The van der Waals surface area contributed by atoms with Gasteiger partial charge < -0.3 is 10.2 Å². The van der Waals surface area contributed by atoms with Crippen LogP contribution in [0.15, 0.2) is 72.6 Å². The number of aliphatic hydroxyl groups excluding tert-OH is 2. The van der Waals surface area contributed by atoms with Crippen molar-refractivity contribution in [1.29, 1.82) is 0 Å². The van der Waals surface area contributed by atoms with Gasteiger partial charge in [-0.15, -0.1) is 13.2 Å². The van der Waals surface area contributed by atoms with E-state index in [9.17, 15) is 10.2 Å². The predicted octanol–water partition coefficient (Wildman–Crippen LogP) is 3.36. The molecule has 1 unspecified atom stereocenters. The lowest BCUT2D eigenvalue weighted by molar-refractivity contribution is 0.271. The van der Waals surface area contributed by atoms with Crippen molar-refractivity contribution in [3.63, 3.8) is 0 Å². The van der Waals surface area contributed by atoms with Crippen LogP contribution in [0.4, 0.5) is 0 Å². The van der Waals surface area contributed by atoms with Gasteiger partial charge in [0.25, 0.3) is 0 Å². The van der Waals surface area contributed by atoms with Crippen LogP contribution in [0.1, 0.15) is 12.8 Å². The van der Waals surface area contributed by atoms with E-state index in [0.29, 0.717) is 12.2 Å². The summed E-state index contributed by atoms with van der Waals surface area (Å²) in [5, 5.41) is 19.2. The van der Waals surface area contributed by atoms with Gasteiger partial charge in [0.1, 0.15) is 0 Å². The van der Waals surface area contributed by atoms with Crippen molar-refractivity contribution in [2.75, 3.05) is 0 Å². The van der Waals surface area contributed by atoms with E-state index in [1.807, 2.05) is 12.2 Å². The molecule has 2 heteroatoms. The van der Waals surface area contributed by atoms with Gasteiger partial charge in [-0.3, -0.25) is 0 Å². The maximum absolute atomic E-state index is 9.60. The van der Waals surface area contributed by atoms with E-state index in [-0.39, 0.29) is 0 Å². The number of hydrogen-bond acceptors (Lipinski definition) is 2. The standard InChI is InChI=1S/C15H18O2/c1-3-5-7-12-11-15(17)9-6-8-13(12)10-14(16)4-2/h3-4,6-10,14,16-17H,1-2,5,11H2/b12-7-,13-10+. The van der Waals surface area contributed by atoms with E-state index in [4.69, 9.17) is 0 Å². The molecule has 0 spiro atoms. The zero-order chi connectivity index (χ0) is 12.7. The summed E-state index contributed by atoms with van der Waals surface area (Å²) in [4.78, 5) is 0. The number of hydrogen-bond donors (Lipinski definition) is 2. The van der Waals surface area contributed by atoms with Gasteiger partial charge in [0.05, 0.1) is 11.9 Å². The molecule has 0 amide bonds. The molecule has 0 aromatic heterocycles. The monoisotopic (exact) mass is 230 g/mol. The van der Waals surface area contributed by atoms with Gasteiger partial charge in [0.15, 0.2) is 0 Å². The summed E-state index contributed by atoms with van der Waals surface area (Å²) < 4.78 is 0. The Hall–Kier alpha value is -1.80. The number of rotatable bonds is 4. The molecule has 0 saturated carbocycles. The summed E-state index contributed by atoms with van der Waals surface area (Å²) in [6.07, 6.45) is 12.8. The Balaban J connectivity index is 3.03. The third-order valence-electron chi connectivity index (χ3n) is 2.43. The zero-order valence-electron chi connectivity index (χ0n) is 9.84. The van der Waals surface area contributed by atoms with Gasteiger partial charge in [-0.25, -0.2) is 0 Å². The van der Waals surface area contributed by atoms with E-state index in [1.54, 1.807) is 24.3 Å². The second-order valence-corrected chi connectivity index (χ2v) is 3.80. The summed E-state index contributed by atoms with van der Waals surface area (Å²) in [6, 6.07) is 0. The first-order valence-electron chi connectivity index (χ1n) is 5.56. The molecule has 0 saturated heterocycles. The van der Waals surface area contributed by atoms with Crippen LogP contribution in [-0.4, -0.2) is 16.3 Å². The first-order valence-corrected chi connectivity index (χ1v) is 5.56. The molecular weight excluding hydrogens is 212 g/mol. The first-order chi connectivity index (χ1) is 8.17. The lowest BCUT2D eigenvalue weighted by Crippen LogP contribution is -1.99. The molecule has 0 aromatic rings. The van der Waals surface area contributed by atoms with Crippen molar-refractivity contribution in [3.8, 4) is 0 Å². The fraction of sp³-hybridized carbons (Fsp3) is 0.200. The molecule has 0 heterocycles. The molecule has 1 atom stereocenters. The molecule has 0 fully saturated rings. The minimum atomic E-state index is -0.679. The van der Waals surface area contributed by atoms with Gasteiger partial charge >= 0.3 is 0 Å². The van der Waals surface area contributed by atoms with Crippen LogP contribution in [0.25, 0.3) is 0 Å². The quantitative estimate of drug-likeness (QED) is 0.727. The minimum Gasteiger partial charge on any atom is -0.512 e. The number of aliphatic hydroxyl groups is 2. The van der Waals surface area contributed by atoms with Crippen molar-refractivity contribution in [2.45, 2.75) is 18.9 Å². The third kappa shape index (κ3) is 4.29. The highest BCUT2D eigenvalue weighted by molar-refractivity contribution is 5.46. The van der Waals surface area contributed by atoms with Crippen molar-refractivity contribution in [3.05, 3.63) is 72.6 Å². The molecule has 2 nitrogen and oxygen atoms in total. The highest BCUT2D eigenvalue weighted by Crippen LogP contribution is 2.23. The molecule has 1 aliphatic carbocycles. The number of allylic oxidation sites excluding steroid dienone is 7. The molecule has 1 aliphatic rings. The molecule has 17 heavy (non-hydrogen) atoms. The minimum absolute atomic E-state index is 0.313. The van der Waals surface area contributed by atoms with Crippen LogP contribution >= 0.6 is 0 Å². The fourth-order valence-electron chi connectivity index (χ4n) is 1.56. The maximum atomic E-state index is 9.60. The third-order valence-corrected chi connectivity index (χ3v) is 2.43. The van der Waals surface area contributed by atoms with Crippen LogP contribution in [0, 0.1) is 0 Å². The van der Waals surface area contributed by atoms with E-state index in [0.717, 1.165) is 17.6 Å². The lowest BCUT2D eigenvalue weighted by atomic mass is 10.00. The van der Waals surface area contributed by atoms with Crippen LogP contribution in [0.3, 0.4) is 0 Å². The molecule has 0 aliphatic heterocycles. The molecule has 0 radical (unpaired) electrons. The van der Waals surface area contributed by atoms with E-state index >= 15 is 0 Å². The van der Waals surface area contributed by atoms with Gasteiger partial charge in [0.2, 0.25) is 0 Å². The smallest absolute Gasteiger partial charge is 0.0966 e. The van der Waals surface area contributed by atoms with Crippen LogP contribution in [-0.2, 0) is 0 Å². The summed E-state index contributed by atoms with van der Waals surface area (Å²) in [6.45, 7) is 7.20. The Bertz CT molecular complexity index is 409. The highest BCUT2D eigenvalue weighted by atomic mass is 16.3. The molecule has 0 bridgehead atoms. The normalized spacial score (nSPS) is 22.1. The van der Waals surface area contributed by atoms with Crippen molar-refractivity contribution < 1.29 is 10.2 Å². The lowest BCUT2D eigenvalue weighted by Gasteiger charge is -2.08. The molecular formula is C15H18O2. The largest absolute Gasteiger partial charge is 0.512 e. The average Bonchev–Trinajstić information content (AvgIpc) is 2.48. The average molecular weight is 230 g/mol. The van der Waals surface area contributed by atoms with Crippen LogP contribution < -0.4 is 0 Å². The second-order valence-electron chi connectivity index (χ2n) is 3.80. The van der Waals surface area contributed by atoms with Crippen LogP contribution in [0.5, 0.6) is 0 Å². The van der Waals surface area contributed by atoms with Crippen molar-refractivity contribution >= 4 is 0 Å². The van der Waals surface area contributed by atoms with Gasteiger partial charge in [-0.2, -0.15) is 0 Å². The first kappa shape index (κ1) is 13.3. The Morgan fingerprint density at radius 3 is 2.82 bits per heavy atom. The summed E-state index contributed by atoms with van der Waals surface area (Å²) in [5.41, 5.74) is 1.88. The Kier molecular flexibility index (Phi) is 5.24. The van der Waals surface area contributed by atoms with E-state index in [1.165, 1.54) is 6.08 Å². The topological polar surface area (TPSA) is 40.5 Å². The van der Waals surface area contributed by atoms with E-state index < -0.39 is 6.10 Å². The van der Waals surface area contributed by atoms with Crippen molar-refractivity contribution in [1.82, 2.24) is 0 Å². The van der Waals surface area contributed by atoms with Gasteiger partial charge in [-0.1, -0.05) is 30.4 Å². The summed E-state index contributed by atoms with van der Waals surface area (Å²) in [5.74, 6) is 0.313. The molecule has 1 rings (SSSR count). The molecule has 2 N–H and O–H groups in total. The Morgan fingerprint density at radius 2 is 2.18 bits per heavy atom. The van der Waals surface area contributed by atoms with Crippen molar-refractivity contribution in [2.24, 2.45) is 0 Å². The Labute approximate surface area is 102 Å². The fourth-order valence-corrected chi connectivity index (χ4v) is 1.56. The molecule has 0 aromatic carbocycles. The SMILES string of the molecule is C=CC/C=C1/CC(O)=CC=C/C1=C\C(O)C=C. The summed E-state index contributed by atoms with van der Waals surface area (Å²) >= 11 is 0. The summed E-state index contributed by atoms with van der Waals surface area (Å²) in [7, 11) is 0. The predicted molar refractivity (Wildman–Crippen MR) is 71.7 cm³/mol. The second kappa shape index (κ2) is 6.71. The molecule has 90 valence electrons. The highest BCUT2D eigenvalue weighted by Gasteiger charge is 2.08. The van der Waals surface area contributed by atoms with Crippen LogP contribution in [0.2, 0.25) is 0 Å².